The van der Waals surface area contributed by atoms with Gasteiger partial charge in [-0.1, -0.05) is 43.2 Å². The fourth-order valence-corrected chi connectivity index (χ4v) is 11.4. The van der Waals surface area contributed by atoms with Crippen LogP contribution in [0.2, 0.25) is 0 Å². The molecular formula is C8H14S7. The predicted octanol–water partition coefficient (Wildman–Crippen LogP) is 4.63. The Bertz CT molecular complexity index is 150. The molecule has 7 heteroatoms. The Morgan fingerprint density at radius 2 is 1.27 bits per heavy atom. The van der Waals surface area contributed by atoms with Crippen LogP contribution in [0.15, 0.2) is 0 Å². The Hall–Kier alpha value is 2.45. The summed E-state index contributed by atoms with van der Waals surface area (Å²) < 4.78 is 0. The number of rotatable bonds is 8. The summed E-state index contributed by atoms with van der Waals surface area (Å²) in [6.45, 7) is 0. The zero-order valence-electron chi connectivity index (χ0n) is 8.26. The van der Waals surface area contributed by atoms with E-state index in [2.05, 4.69) is 78.5 Å². The van der Waals surface area contributed by atoms with Crippen LogP contribution in [-0.4, -0.2) is 43.7 Å². The molecule has 0 aromatic carbocycles. The summed E-state index contributed by atoms with van der Waals surface area (Å²) in [4.78, 5) is 0. The Balaban J connectivity index is 1.29. The molecule has 0 saturated carbocycles. The van der Waals surface area contributed by atoms with E-state index in [4.69, 9.17) is 0 Å². The summed E-state index contributed by atoms with van der Waals surface area (Å²) >= 11 is 6.23. The molecule has 0 spiro atoms. The minimum Gasteiger partial charge on any atom is -0.160 e. The van der Waals surface area contributed by atoms with E-state index >= 15 is 0 Å². The van der Waals surface area contributed by atoms with E-state index in [1.54, 1.807) is 0 Å². The van der Waals surface area contributed by atoms with Crippen molar-refractivity contribution in [1.29, 1.82) is 0 Å². The SMILES string of the molecule is C(SCSSC1CSC1)SSC1CSC1. The van der Waals surface area contributed by atoms with Crippen LogP contribution in [0.5, 0.6) is 0 Å². The van der Waals surface area contributed by atoms with Crippen LogP contribution in [0.1, 0.15) is 0 Å². The maximum atomic E-state index is 2.10. The van der Waals surface area contributed by atoms with Crippen LogP contribution in [0.3, 0.4) is 0 Å². The highest BCUT2D eigenvalue weighted by Crippen LogP contribution is 2.41. The third kappa shape index (κ3) is 5.75. The molecule has 0 radical (unpaired) electrons. The summed E-state index contributed by atoms with van der Waals surface area (Å²) in [5, 5.41) is 4.43. The van der Waals surface area contributed by atoms with Gasteiger partial charge in [-0.3, -0.25) is 0 Å². The summed E-state index contributed by atoms with van der Waals surface area (Å²) in [6.07, 6.45) is 0. The van der Waals surface area contributed by atoms with Gasteiger partial charge in [-0.25, -0.2) is 0 Å². The highest BCUT2D eigenvalue weighted by molar-refractivity contribution is 8.80. The molecule has 2 aliphatic heterocycles. The highest BCUT2D eigenvalue weighted by atomic mass is 33.1. The molecule has 2 fully saturated rings. The normalized spacial score (nSPS) is 22.4. The van der Waals surface area contributed by atoms with Crippen molar-refractivity contribution in [3.63, 3.8) is 0 Å². The third-order valence-electron chi connectivity index (χ3n) is 1.89. The largest absolute Gasteiger partial charge is 0.160 e. The van der Waals surface area contributed by atoms with E-state index in [9.17, 15) is 0 Å². The average Bonchev–Trinajstić information content (AvgIpc) is 2.09. The van der Waals surface area contributed by atoms with Gasteiger partial charge in [-0.2, -0.15) is 23.5 Å². The van der Waals surface area contributed by atoms with Gasteiger partial charge in [0.05, 0.1) is 10.2 Å². The quantitative estimate of drug-likeness (QED) is 0.356. The Kier molecular flexibility index (Phi) is 7.89. The Labute approximate surface area is 121 Å². The highest BCUT2D eigenvalue weighted by Gasteiger charge is 2.19. The molecular weight excluding hydrogens is 321 g/mol. The van der Waals surface area contributed by atoms with Crippen LogP contribution < -0.4 is 0 Å². The fraction of sp³-hybridized carbons (Fsp3) is 1.00. The second kappa shape index (κ2) is 8.53. The molecule has 0 atom stereocenters. The maximum Gasteiger partial charge on any atom is 0.0504 e. The molecule has 0 aliphatic carbocycles. The molecule has 0 bridgehead atoms. The number of hydrogen-bond acceptors (Lipinski definition) is 7. The number of hydrogen-bond donors (Lipinski definition) is 0. The molecule has 15 heavy (non-hydrogen) atoms. The van der Waals surface area contributed by atoms with Crippen molar-refractivity contribution in [3.05, 3.63) is 0 Å². The lowest BCUT2D eigenvalue weighted by atomic mass is 10.5. The van der Waals surface area contributed by atoms with Crippen LogP contribution in [0.4, 0.5) is 0 Å². The molecule has 0 nitrogen and oxygen atoms in total. The van der Waals surface area contributed by atoms with E-state index in [-0.39, 0.29) is 0 Å². The summed E-state index contributed by atoms with van der Waals surface area (Å²) in [7, 11) is 8.31. The zero-order chi connectivity index (χ0) is 10.3. The molecule has 2 aliphatic rings. The number of thioether (sulfide) groups is 3. The fourth-order valence-electron chi connectivity index (χ4n) is 0.889. The Morgan fingerprint density at radius 3 is 1.60 bits per heavy atom. The summed E-state index contributed by atoms with van der Waals surface area (Å²) in [5.74, 6) is 5.52. The molecule has 2 heterocycles. The zero-order valence-corrected chi connectivity index (χ0v) is 14.0. The first-order valence-electron chi connectivity index (χ1n) is 4.75. The van der Waals surface area contributed by atoms with Crippen molar-refractivity contribution in [2.45, 2.75) is 10.5 Å². The van der Waals surface area contributed by atoms with E-state index in [0.717, 1.165) is 10.5 Å². The average molecular weight is 335 g/mol. The van der Waals surface area contributed by atoms with Gasteiger partial charge in [0.2, 0.25) is 0 Å². The van der Waals surface area contributed by atoms with E-state index < -0.39 is 0 Å². The lowest BCUT2D eigenvalue weighted by Gasteiger charge is -2.23. The lowest BCUT2D eigenvalue weighted by molar-refractivity contribution is 1.09. The molecule has 0 aromatic rings. The first kappa shape index (κ1) is 13.9. The van der Waals surface area contributed by atoms with E-state index in [0.29, 0.717) is 0 Å². The van der Waals surface area contributed by atoms with Crippen LogP contribution in [-0.2, 0) is 0 Å². The van der Waals surface area contributed by atoms with Crippen LogP contribution >= 0.6 is 78.5 Å². The van der Waals surface area contributed by atoms with E-state index in [1.165, 1.54) is 33.2 Å². The van der Waals surface area contributed by atoms with Crippen molar-refractivity contribution in [3.8, 4) is 0 Å². The van der Waals surface area contributed by atoms with Gasteiger partial charge in [-0.05, 0) is 0 Å². The molecule has 88 valence electrons. The second-order valence-electron chi connectivity index (χ2n) is 3.19. The molecule has 0 N–H and O–H groups in total. The van der Waals surface area contributed by atoms with Crippen LogP contribution in [0, 0.1) is 0 Å². The monoisotopic (exact) mass is 334 g/mol. The minimum atomic E-state index is 0.953. The first-order chi connectivity index (χ1) is 7.45. The van der Waals surface area contributed by atoms with Crippen molar-refractivity contribution in [1.82, 2.24) is 0 Å². The maximum absolute atomic E-state index is 2.10. The van der Waals surface area contributed by atoms with Gasteiger partial charge < -0.3 is 0 Å². The second-order valence-corrected chi connectivity index (χ2v) is 12.4. The van der Waals surface area contributed by atoms with Gasteiger partial charge in [0, 0.05) is 33.5 Å². The van der Waals surface area contributed by atoms with Crippen molar-refractivity contribution in [2.75, 3.05) is 33.2 Å². The van der Waals surface area contributed by atoms with Crippen LogP contribution in [0.25, 0.3) is 0 Å². The van der Waals surface area contributed by atoms with Gasteiger partial charge in [0.25, 0.3) is 0 Å². The topological polar surface area (TPSA) is 0 Å². The molecule has 0 amide bonds. The summed E-state index contributed by atoms with van der Waals surface area (Å²) in [6, 6.07) is 0. The smallest absolute Gasteiger partial charge is 0.0504 e. The van der Waals surface area contributed by atoms with Gasteiger partial charge in [0.1, 0.15) is 0 Å². The molecule has 0 unspecified atom stereocenters. The minimum absolute atomic E-state index is 0.953. The summed E-state index contributed by atoms with van der Waals surface area (Å²) in [5.41, 5.74) is 0. The lowest BCUT2D eigenvalue weighted by Crippen LogP contribution is -2.19. The standard InChI is InChI=1S/C8H14S7/c1-7(2-9-1)14-12-5-11-6-13-15-8-3-10-4-8/h7-8H,1-6H2. The van der Waals surface area contributed by atoms with Crippen molar-refractivity contribution < 1.29 is 0 Å². The van der Waals surface area contributed by atoms with Crippen molar-refractivity contribution >= 4 is 78.5 Å². The third-order valence-corrected chi connectivity index (χ3v) is 13.1. The van der Waals surface area contributed by atoms with Gasteiger partial charge in [0.15, 0.2) is 0 Å². The predicted molar refractivity (Wildman–Crippen MR) is 89.9 cm³/mol. The van der Waals surface area contributed by atoms with E-state index in [1.807, 2.05) is 0 Å². The van der Waals surface area contributed by atoms with Gasteiger partial charge >= 0.3 is 0 Å². The molecule has 0 aromatic heterocycles. The van der Waals surface area contributed by atoms with Crippen molar-refractivity contribution in [2.24, 2.45) is 0 Å². The Morgan fingerprint density at radius 1 is 0.800 bits per heavy atom. The molecule has 2 rings (SSSR count). The van der Waals surface area contributed by atoms with Gasteiger partial charge in [-0.15, -0.1) is 11.8 Å². The first-order valence-corrected chi connectivity index (χ1v) is 13.0. The molecule has 2 saturated heterocycles.